The van der Waals surface area contributed by atoms with Crippen LogP contribution in [0.15, 0.2) is 72.8 Å². The van der Waals surface area contributed by atoms with Crippen LogP contribution < -0.4 is 9.64 Å². The lowest BCUT2D eigenvalue weighted by Crippen LogP contribution is -2.49. The molecule has 0 spiro atoms. The zero-order valence-electron chi connectivity index (χ0n) is 17.3. The smallest absolute Gasteiger partial charge is 0.292 e. The highest BCUT2D eigenvalue weighted by molar-refractivity contribution is 6.31. The third-order valence-corrected chi connectivity index (χ3v) is 5.81. The fourth-order valence-corrected chi connectivity index (χ4v) is 3.94. The SMILES string of the molecule is O=C(c1ccccc1OCc1ccccc1Cl)N1CCN(c2ccccc2[N+](=O)[O-])CC1. The van der Waals surface area contributed by atoms with Gasteiger partial charge in [-0.25, -0.2) is 0 Å². The van der Waals surface area contributed by atoms with Gasteiger partial charge in [0.05, 0.1) is 10.5 Å². The molecule has 1 heterocycles. The van der Waals surface area contributed by atoms with Gasteiger partial charge in [0, 0.05) is 42.8 Å². The van der Waals surface area contributed by atoms with Crippen LogP contribution in [0.1, 0.15) is 15.9 Å². The highest BCUT2D eigenvalue weighted by Crippen LogP contribution is 2.29. The average molecular weight is 452 g/mol. The van der Waals surface area contributed by atoms with E-state index >= 15 is 0 Å². The highest BCUT2D eigenvalue weighted by atomic mass is 35.5. The molecule has 32 heavy (non-hydrogen) atoms. The molecule has 3 aromatic carbocycles. The van der Waals surface area contributed by atoms with Gasteiger partial charge in [0.25, 0.3) is 11.6 Å². The Balaban J connectivity index is 1.44. The number of rotatable bonds is 6. The van der Waals surface area contributed by atoms with E-state index < -0.39 is 0 Å². The molecule has 0 unspecified atom stereocenters. The number of nitrogens with zero attached hydrogens (tertiary/aromatic N) is 3. The highest BCUT2D eigenvalue weighted by Gasteiger charge is 2.27. The van der Waals surface area contributed by atoms with Crippen LogP contribution in [0.2, 0.25) is 5.02 Å². The number of carbonyl (C=O) groups is 1. The molecule has 8 heteroatoms. The van der Waals surface area contributed by atoms with Crippen LogP contribution in [-0.4, -0.2) is 41.9 Å². The maximum absolute atomic E-state index is 13.2. The van der Waals surface area contributed by atoms with Gasteiger partial charge in [0.1, 0.15) is 18.0 Å². The Labute approximate surface area is 190 Å². The number of piperazine rings is 1. The van der Waals surface area contributed by atoms with Gasteiger partial charge in [-0.2, -0.15) is 0 Å². The van der Waals surface area contributed by atoms with E-state index in [9.17, 15) is 14.9 Å². The Morgan fingerprint density at radius 1 is 0.938 bits per heavy atom. The van der Waals surface area contributed by atoms with Gasteiger partial charge < -0.3 is 14.5 Å². The summed E-state index contributed by atoms with van der Waals surface area (Å²) in [5.74, 6) is 0.375. The largest absolute Gasteiger partial charge is 0.488 e. The van der Waals surface area contributed by atoms with Crippen LogP contribution in [0.4, 0.5) is 11.4 Å². The van der Waals surface area contributed by atoms with Gasteiger partial charge >= 0.3 is 0 Å². The van der Waals surface area contributed by atoms with Crippen LogP contribution in [0.3, 0.4) is 0 Å². The minimum atomic E-state index is -0.376. The Morgan fingerprint density at radius 3 is 2.34 bits per heavy atom. The third-order valence-electron chi connectivity index (χ3n) is 5.44. The molecule has 0 aromatic heterocycles. The van der Waals surface area contributed by atoms with Crippen molar-refractivity contribution in [3.63, 3.8) is 0 Å². The predicted molar refractivity (Wildman–Crippen MR) is 123 cm³/mol. The summed E-state index contributed by atoms with van der Waals surface area (Å²) in [7, 11) is 0. The molecule has 164 valence electrons. The molecule has 1 aliphatic rings. The van der Waals surface area contributed by atoms with E-state index in [1.807, 2.05) is 29.2 Å². The molecule has 0 bridgehead atoms. The first kappa shape index (κ1) is 21.6. The van der Waals surface area contributed by atoms with Crippen LogP contribution in [0, 0.1) is 10.1 Å². The van der Waals surface area contributed by atoms with Crippen molar-refractivity contribution < 1.29 is 14.5 Å². The minimum Gasteiger partial charge on any atom is -0.488 e. The van der Waals surface area contributed by atoms with Gasteiger partial charge in [0.15, 0.2) is 0 Å². The van der Waals surface area contributed by atoms with E-state index in [-0.39, 0.29) is 23.1 Å². The van der Waals surface area contributed by atoms with Crippen molar-refractivity contribution in [3.05, 3.63) is 99.1 Å². The van der Waals surface area contributed by atoms with Crippen molar-refractivity contribution in [1.29, 1.82) is 0 Å². The molecule has 4 rings (SSSR count). The number of ether oxygens (including phenoxy) is 1. The lowest BCUT2D eigenvalue weighted by atomic mass is 10.1. The zero-order valence-corrected chi connectivity index (χ0v) is 18.1. The first-order valence-corrected chi connectivity index (χ1v) is 10.7. The molecule has 0 atom stereocenters. The molecule has 1 amide bonds. The number of amides is 1. The van der Waals surface area contributed by atoms with E-state index in [1.54, 1.807) is 47.4 Å². The first-order valence-electron chi connectivity index (χ1n) is 10.3. The molecule has 1 saturated heterocycles. The molecule has 0 N–H and O–H groups in total. The number of para-hydroxylation sites is 3. The van der Waals surface area contributed by atoms with E-state index in [2.05, 4.69) is 0 Å². The van der Waals surface area contributed by atoms with E-state index in [0.29, 0.717) is 48.2 Å². The first-order chi connectivity index (χ1) is 15.5. The molecule has 0 saturated carbocycles. The standard InChI is InChI=1S/C24H22ClN3O4/c25-20-9-3-1-7-18(20)17-32-23-12-6-2-8-19(23)24(29)27-15-13-26(14-16-27)21-10-4-5-11-22(21)28(30)31/h1-12H,13-17H2. The van der Waals surface area contributed by atoms with Gasteiger partial charge in [0.2, 0.25) is 0 Å². The fraction of sp³-hybridized carbons (Fsp3) is 0.208. The summed E-state index contributed by atoms with van der Waals surface area (Å²) in [6.45, 7) is 2.21. The maximum Gasteiger partial charge on any atom is 0.292 e. The quantitative estimate of drug-likeness (QED) is 0.398. The normalized spacial score (nSPS) is 13.7. The van der Waals surface area contributed by atoms with Crippen LogP contribution >= 0.6 is 11.6 Å². The second-order valence-electron chi connectivity index (χ2n) is 7.40. The van der Waals surface area contributed by atoms with Crippen molar-refractivity contribution in [2.75, 3.05) is 31.1 Å². The molecule has 1 aliphatic heterocycles. The Bertz CT molecular complexity index is 1130. The van der Waals surface area contributed by atoms with Crippen LogP contribution in [0.5, 0.6) is 5.75 Å². The predicted octanol–water partition coefficient (Wildman–Crippen LogP) is 4.79. The molecule has 0 aliphatic carbocycles. The minimum absolute atomic E-state index is 0.0746. The number of hydrogen-bond donors (Lipinski definition) is 0. The monoisotopic (exact) mass is 451 g/mol. The maximum atomic E-state index is 13.2. The van der Waals surface area contributed by atoms with Crippen molar-refractivity contribution in [2.24, 2.45) is 0 Å². The van der Waals surface area contributed by atoms with E-state index in [1.165, 1.54) is 6.07 Å². The summed E-state index contributed by atoms with van der Waals surface area (Å²) < 4.78 is 5.93. The summed E-state index contributed by atoms with van der Waals surface area (Å²) in [6, 6.07) is 21.3. The number of hydrogen-bond acceptors (Lipinski definition) is 5. The molecule has 0 radical (unpaired) electrons. The molecule has 3 aromatic rings. The van der Waals surface area contributed by atoms with E-state index in [0.717, 1.165) is 5.56 Å². The number of benzene rings is 3. The molecular formula is C24H22ClN3O4. The summed E-state index contributed by atoms with van der Waals surface area (Å²) in [5.41, 5.74) is 1.98. The number of anilines is 1. The van der Waals surface area contributed by atoms with Gasteiger partial charge in [-0.1, -0.05) is 54.1 Å². The van der Waals surface area contributed by atoms with Crippen molar-refractivity contribution in [2.45, 2.75) is 6.61 Å². The summed E-state index contributed by atoms with van der Waals surface area (Å²) >= 11 is 6.21. The second kappa shape index (κ2) is 9.70. The third kappa shape index (κ3) is 4.68. The number of carbonyl (C=O) groups excluding carboxylic acids is 1. The van der Waals surface area contributed by atoms with Gasteiger partial charge in [-0.3, -0.25) is 14.9 Å². The fourth-order valence-electron chi connectivity index (χ4n) is 3.75. The summed E-state index contributed by atoms with van der Waals surface area (Å²) in [4.78, 5) is 27.9. The van der Waals surface area contributed by atoms with Gasteiger partial charge in [-0.05, 0) is 24.3 Å². The number of nitro benzene ring substituents is 1. The Hall–Kier alpha value is -3.58. The molecular weight excluding hydrogens is 430 g/mol. The zero-order chi connectivity index (χ0) is 22.5. The average Bonchev–Trinajstić information content (AvgIpc) is 2.83. The topological polar surface area (TPSA) is 75.9 Å². The lowest BCUT2D eigenvalue weighted by molar-refractivity contribution is -0.384. The Kier molecular flexibility index (Phi) is 6.56. The van der Waals surface area contributed by atoms with Crippen LogP contribution in [0.25, 0.3) is 0 Å². The second-order valence-corrected chi connectivity index (χ2v) is 7.81. The lowest BCUT2D eigenvalue weighted by Gasteiger charge is -2.36. The molecule has 1 fully saturated rings. The number of nitro groups is 1. The van der Waals surface area contributed by atoms with Crippen molar-refractivity contribution in [1.82, 2.24) is 4.90 Å². The van der Waals surface area contributed by atoms with Gasteiger partial charge in [-0.15, -0.1) is 0 Å². The van der Waals surface area contributed by atoms with Crippen LogP contribution in [-0.2, 0) is 6.61 Å². The number of halogens is 1. The van der Waals surface area contributed by atoms with E-state index in [4.69, 9.17) is 16.3 Å². The van der Waals surface area contributed by atoms with Crippen molar-refractivity contribution in [3.8, 4) is 5.75 Å². The van der Waals surface area contributed by atoms with Crippen molar-refractivity contribution >= 4 is 28.9 Å². The Morgan fingerprint density at radius 2 is 1.59 bits per heavy atom. The summed E-state index contributed by atoms with van der Waals surface area (Å²) in [5, 5.41) is 12.0. The summed E-state index contributed by atoms with van der Waals surface area (Å²) in [6.07, 6.45) is 0. The molecule has 7 nitrogen and oxygen atoms in total.